The highest BCUT2D eigenvalue weighted by Crippen LogP contribution is 2.42. The van der Waals surface area contributed by atoms with Crippen LogP contribution in [0.15, 0.2) is 65.6 Å². The van der Waals surface area contributed by atoms with Gasteiger partial charge in [0.2, 0.25) is 15.9 Å². The topological polar surface area (TPSA) is 113 Å². The molecule has 0 bridgehead atoms. The largest absolute Gasteiger partial charge is 0.389 e. The molecule has 1 fully saturated rings. The van der Waals surface area contributed by atoms with Gasteiger partial charge in [0.1, 0.15) is 0 Å². The van der Waals surface area contributed by atoms with Crippen LogP contribution in [0.25, 0.3) is 0 Å². The van der Waals surface area contributed by atoms with E-state index in [9.17, 15) is 18.3 Å². The minimum Gasteiger partial charge on any atom is -0.389 e. The molecule has 0 radical (unpaired) electrons. The highest BCUT2D eigenvalue weighted by Gasteiger charge is 2.45. The lowest BCUT2D eigenvalue weighted by atomic mass is 9.79. The van der Waals surface area contributed by atoms with Crippen LogP contribution in [0.2, 0.25) is 0 Å². The van der Waals surface area contributed by atoms with Crippen LogP contribution in [0.5, 0.6) is 0 Å². The van der Waals surface area contributed by atoms with Gasteiger partial charge < -0.3 is 16.2 Å². The highest BCUT2D eigenvalue weighted by atomic mass is 32.2. The van der Waals surface area contributed by atoms with Crippen molar-refractivity contribution in [1.82, 2.24) is 9.62 Å². The van der Waals surface area contributed by atoms with Crippen LogP contribution in [0.3, 0.4) is 0 Å². The van der Waals surface area contributed by atoms with Gasteiger partial charge in [0, 0.05) is 18.5 Å². The first-order valence-corrected chi connectivity index (χ1v) is 14.3. The fourth-order valence-corrected chi connectivity index (χ4v) is 6.69. The molecule has 3 rings (SSSR count). The fourth-order valence-electron chi connectivity index (χ4n) is 5.10. The number of carbonyl (C=O) groups excluding carboxylic acids is 1. The van der Waals surface area contributed by atoms with Crippen molar-refractivity contribution < 1.29 is 18.3 Å². The van der Waals surface area contributed by atoms with Crippen molar-refractivity contribution in [1.29, 1.82) is 0 Å². The molecule has 0 spiro atoms. The molecule has 0 heterocycles. The number of sulfonamides is 1. The maximum atomic E-state index is 13.6. The maximum Gasteiger partial charge on any atom is 0.243 e. The number of benzene rings is 2. The highest BCUT2D eigenvalue weighted by molar-refractivity contribution is 7.89. The van der Waals surface area contributed by atoms with Gasteiger partial charge in [0.05, 0.1) is 16.5 Å². The number of hydrogen-bond acceptors (Lipinski definition) is 5. The van der Waals surface area contributed by atoms with Crippen LogP contribution in [0.1, 0.15) is 58.4 Å². The Morgan fingerprint density at radius 1 is 1.08 bits per heavy atom. The third kappa shape index (κ3) is 5.99. The Balaban J connectivity index is 1.98. The molecule has 1 saturated carbocycles. The van der Waals surface area contributed by atoms with Gasteiger partial charge in [0.25, 0.3) is 0 Å². The van der Waals surface area contributed by atoms with E-state index in [0.29, 0.717) is 6.54 Å². The van der Waals surface area contributed by atoms with E-state index < -0.39 is 27.1 Å². The number of nitrogens with one attached hydrogen (secondary N) is 1. The number of hydrogen-bond donors (Lipinski definition) is 3. The molecule has 1 amide bonds. The predicted molar refractivity (Wildman–Crippen MR) is 143 cm³/mol. The summed E-state index contributed by atoms with van der Waals surface area (Å²) in [5, 5.41) is 14.9. The van der Waals surface area contributed by atoms with Crippen molar-refractivity contribution >= 4 is 15.9 Å². The summed E-state index contributed by atoms with van der Waals surface area (Å²) >= 11 is 0. The maximum absolute atomic E-state index is 13.6. The first kappa shape index (κ1) is 28.3. The van der Waals surface area contributed by atoms with E-state index >= 15 is 0 Å². The predicted octanol–water partition coefficient (Wildman–Crippen LogP) is 3.64. The first-order chi connectivity index (χ1) is 17.1. The monoisotopic (exact) mass is 515 g/mol. The zero-order valence-electron chi connectivity index (χ0n) is 21.7. The normalized spacial score (nSPS) is 18.9. The van der Waals surface area contributed by atoms with Crippen molar-refractivity contribution in [2.24, 2.45) is 17.1 Å². The fraction of sp³-hybridized carbons (Fsp3) is 0.536. The Morgan fingerprint density at radius 3 is 2.17 bits per heavy atom. The molecule has 0 saturated heterocycles. The summed E-state index contributed by atoms with van der Waals surface area (Å²) in [5.74, 6) is -0.198. The molecular weight excluding hydrogens is 474 g/mol. The van der Waals surface area contributed by atoms with E-state index in [0.717, 1.165) is 37.7 Å². The average molecular weight is 516 g/mol. The lowest BCUT2D eigenvalue weighted by Gasteiger charge is -2.41. The Bertz CT molecular complexity index is 1090. The van der Waals surface area contributed by atoms with E-state index in [4.69, 9.17) is 5.73 Å². The third-order valence-electron chi connectivity index (χ3n) is 7.81. The van der Waals surface area contributed by atoms with Gasteiger partial charge in [-0.1, -0.05) is 75.2 Å². The van der Waals surface area contributed by atoms with Gasteiger partial charge in [-0.2, -0.15) is 4.31 Å². The summed E-state index contributed by atoms with van der Waals surface area (Å²) in [4.78, 5) is 13.8. The van der Waals surface area contributed by atoms with Crippen LogP contribution in [-0.2, 0) is 20.4 Å². The smallest absolute Gasteiger partial charge is 0.243 e. The minimum atomic E-state index is -3.90. The van der Waals surface area contributed by atoms with Gasteiger partial charge in [-0.3, -0.25) is 4.79 Å². The number of amides is 1. The van der Waals surface area contributed by atoms with Crippen LogP contribution in [-0.4, -0.2) is 49.5 Å². The number of carbonyl (C=O) groups is 1. The molecule has 2 aromatic carbocycles. The van der Waals surface area contributed by atoms with Gasteiger partial charge in [0.15, 0.2) is 0 Å². The van der Waals surface area contributed by atoms with E-state index in [2.05, 4.69) is 5.32 Å². The Labute approximate surface area is 216 Å². The van der Waals surface area contributed by atoms with Crippen LogP contribution < -0.4 is 11.1 Å². The Kier molecular flexibility index (Phi) is 9.33. The molecule has 0 aromatic heterocycles. The molecule has 7 nitrogen and oxygen atoms in total. The quantitative estimate of drug-likeness (QED) is 0.400. The average Bonchev–Trinajstić information content (AvgIpc) is 3.39. The van der Waals surface area contributed by atoms with E-state index in [1.807, 2.05) is 44.2 Å². The van der Waals surface area contributed by atoms with Gasteiger partial charge >= 0.3 is 0 Å². The van der Waals surface area contributed by atoms with E-state index in [1.54, 1.807) is 37.3 Å². The second-order valence-electron chi connectivity index (χ2n) is 10.4. The molecule has 4 N–H and O–H groups in total. The minimum absolute atomic E-state index is 0.0827. The standard InChI is InChI=1S/C28H41N3O4S/c1-4-28(17-11-12-18-28)26(33)30-27(3,23-13-7-5-8-14-23)25(32)21-31(20-22(2)19-29)36(34,35)24-15-9-6-10-16-24/h5-10,13-16,22,25,32H,4,11-12,17-21,29H2,1-3H3,(H,30,33)/t22?,25-,27+/m1/s1. The van der Waals surface area contributed by atoms with Crippen LogP contribution in [0.4, 0.5) is 0 Å². The molecule has 3 atom stereocenters. The van der Waals surface area contributed by atoms with Crippen molar-refractivity contribution in [3.05, 3.63) is 66.2 Å². The Hall–Kier alpha value is -2.26. The van der Waals surface area contributed by atoms with Crippen LogP contribution >= 0.6 is 0 Å². The summed E-state index contributed by atoms with van der Waals surface area (Å²) < 4.78 is 28.5. The summed E-state index contributed by atoms with van der Waals surface area (Å²) in [7, 11) is -3.90. The molecule has 1 unspecified atom stereocenters. The van der Waals surface area contributed by atoms with Crippen molar-refractivity contribution in [2.75, 3.05) is 19.6 Å². The second-order valence-corrected chi connectivity index (χ2v) is 12.3. The zero-order valence-corrected chi connectivity index (χ0v) is 22.5. The summed E-state index contributed by atoms with van der Waals surface area (Å²) in [6, 6.07) is 17.5. The number of aliphatic hydroxyl groups excluding tert-OH is 1. The molecular formula is C28H41N3O4S. The number of nitrogens with zero attached hydrogens (tertiary/aromatic N) is 1. The van der Waals surface area contributed by atoms with Crippen LogP contribution in [0, 0.1) is 11.3 Å². The van der Waals surface area contributed by atoms with Crippen molar-refractivity contribution in [2.45, 2.75) is 69.4 Å². The van der Waals surface area contributed by atoms with Gasteiger partial charge in [-0.05, 0) is 56.3 Å². The van der Waals surface area contributed by atoms with Gasteiger partial charge in [-0.15, -0.1) is 0 Å². The molecule has 8 heteroatoms. The lowest BCUT2D eigenvalue weighted by molar-refractivity contribution is -0.135. The molecule has 198 valence electrons. The molecule has 1 aliphatic carbocycles. The van der Waals surface area contributed by atoms with E-state index in [1.165, 1.54) is 4.31 Å². The lowest BCUT2D eigenvalue weighted by Crippen LogP contribution is -2.58. The molecule has 0 aliphatic heterocycles. The summed E-state index contributed by atoms with van der Waals surface area (Å²) in [6.07, 6.45) is 3.17. The zero-order chi connectivity index (χ0) is 26.4. The SMILES string of the molecule is CCC1(C(=O)N[C@@](C)(c2ccccc2)[C@H](O)CN(CC(C)CN)S(=O)(=O)c2ccccc2)CCCC1. The summed E-state index contributed by atoms with van der Waals surface area (Å²) in [6.45, 7) is 5.97. The second kappa shape index (κ2) is 11.9. The molecule has 1 aliphatic rings. The van der Waals surface area contributed by atoms with E-state index in [-0.39, 0.29) is 29.8 Å². The van der Waals surface area contributed by atoms with Crippen molar-refractivity contribution in [3.63, 3.8) is 0 Å². The Morgan fingerprint density at radius 2 is 1.64 bits per heavy atom. The number of aliphatic hydroxyl groups is 1. The third-order valence-corrected chi connectivity index (χ3v) is 9.65. The van der Waals surface area contributed by atoms with Crippen molar-refractivity contribution in [3.8, 4) is 0 Å². The molecule has 2 aromatic rings. The number of rotatable bonds is 12. The molecule has 36 heavy (non-hydrogen) atoms. The number of nitrogens with two attached hydrogens (primary N) is 1. The first-order valence-electron chi connectivity index (χ1n) is 12.9. The summed E-state index contributed by atoms with van der Waals surface area (Å²) in [5.41, 5.74) is 4.90. The van der Waals surface area contributed by atoms with Gasteiger partial charge in [-0.25, -0.2) is 8.42 Å².